The highest BCUT2D eigenvalue weighted by atomic mass is 32.2. The topological polar surface area (TPSA) is 43.9 Å². The van der Waals surface area contributed by atoms with E-state index in [1.54, 1.807) is 4.90 Å². The van der Waals surface area contributed by atoms with E-state index < -0.39 is 0 Å². The van der Waals surface area contributed by atoms with Gasteiger partial charge in [-0.15, -0.1) is 11.8 Å². The molecule has 0 atom stereocenters. The van der Waals surface area contributed by atoms with Gasteiger partial charge in [-0.25, -0.2) is 0 Å². The van der Waals surface area contributed by atoms with Crippen molar-refractivity contribution in [3.63, 3.8) is 0 Å². The number of likely N-dealkylation sites (tertiary alicyclic amines) is 1. The second-order valence-corrected chi connectivity index (χ2v) is 8.61. The van der Waals surface area contributed by atoms with Gasteiger partial charge in [-0.3, -0.25) is 9.59 Å². The van der Waals surface area contributed by atoms with Crippen LogP contribution in [-0.4, -0.2) is 61.6 Å². The first-order chi connectivity index (χ1) is 14.0. The summed E-state index contributed by atoms with van der Waals surface area (Å²) in [5.41, 5.74) is 2.87. The van der Waals surface area contributed by atoms with Gasteiger partial charge in [-0.2, -0.15) is 0 Å². The van der Waals surface area contributed by atoms with Gasteiger partial charge in [0.25, 0.3) is 5.91 Å². The summed E-state index contributed by atoms with van der Waals surface area (Å²) in [6.45, 7) is 2.25. The molecule has 154 valence electrons. The van der Waals surface area contributed by atoms with E-state index in [1.807, 2.05) is 50.3 Å². The minimum atomic E-state index is -0.0293. The molecule has 0 unspecified atom stereocenters. The summed E-state index contributed by atoms with van der Waals surface area (Å²) in [4.78, 5) is 32.0. The van der Waals surface area contributed by atoms with Crippen molar-refractivity contribution >= 4 is 29.3 Å². The quantitative estimate of drug-likeness (QED) is 0.651. The molecule has 2 amide bonds. The molecule has 1 aliphatic heterocycles. The number of thioether (sulfide) groups is 1. The number of carbonyl (C=O) groups is 2. The highest BCUT2D eigenvalue weighted by molar-refractivity contribution is 8.00. The van der Waals surface area contributed by atoms with Crippen molar-refractivity contribution < 1.29 is 9.59 Å². The highest BCUT2D eigenvalue weighted by Gasteiger charge is 2.20. The van der Waals surface area contributed by atoms with Crippen molar-refractivity contribution in [3.8, 4) is 0 Å². The van der Waals surface area contributed by atoms with E-state index in [2.05, 4.69) is 29.2 Å². The van der Waals surface area contributed by atoms with Crippen LogP contribution in [0.1, 0.15) is 28.8 Å². The number of anilines is 1. The Morgan fingerprint density at radius 2 is 1.62 bits per heavy atom. The van der Waals surface area contributed by atoms with Crippen LogP contribution in [0, 0.1) is 0 Å². The first kappa shape index (κ1) is 21.2. The maximum absolute atomic E-state index is 13.1. The lowest BCUT2D eigenvalue weighted by Crippen LogP contribution is -2.29. The van der Waals surface area contributed by atoms with Gasteiger partial charge in [0.05, 0.1) is 11.3 Å². The fourth-order valence-corrected chi connectivity index (χ4v) is 4.36. The van der Waals surface area contributed by atoms with Crippen LogP contribution in [-0.2, 0) is 11.3 Å². The Morgan fingerprint density at radius 3 is 2.28 bits per heavy atom. The number of benzene rings is 2. The first-order valence-corrected chi connectivity index (χ1v) is 11.0. The van der Waals surface area contributed by atoms with Crippen molar-refractivity contribution in [2.45, 2.75) is 24.3 Å². The Kier molecular flexibility index (Phi) is 7.20. The number of rotatable bonds is 7. The standard InChI is InChI=1S/C23H29N3O2S/c1-24(2)19-12-10-18(11-13-19)16-25(3)23(28)20-8-4-5-9-21(20)29-17-22(27)26-14-6-7-15-26/h4-5,8-13H,6-7,14-17H2,1-3H3. The van der Waals surface area contributed by atoms with E-state index in [9.17, 15) is 9.59 Å². The van der Waals surface area contributed by atoms with Crippen molar-refractivity contribution in [1.29, 1.82) is 0 Å². The van der Waals surface area contributed by atoms with E-state index in [-0.39, 0.29) is 11.8 Å². The monoisotopic (exact) mass is 411 g/mol. The molecule has 0 bridgehead atoms. The second-order valence-electron chi connectivity index (χ2n) is 7.59. The van der Waals surface area contributed by atoms with Gasteiger partial charge < -0.3 is 14.7 Å². The third-order valence-electron chi connectivity index (χ3n) is 5.15. The van der Waals surface area contributed by atoms with Crippen LogP contribution >= 0.6 is 11.8 Å². The van der Waals surface area contributed by atoms with Gasteiger partial charge in [0.2, 0.25) is 5.91 Å². The molecular weight excluding hydrogens is 382 g/mol. The molecule has 6 heteroatoms. The van der Waals surface area contributed by atoms with Gasteiger partial charge >= 0.3 is 0 Å². The molecule has 0 N–H and O–H groups in total. The zero-order valence-corrected chi connectivity index (χ0v) is 18.2. The van der Waals surface area contributed by atoms with Crippen LogP contribution in [0.15, 0.2) is 53.4 Å². The zero-order chi connectivity index (χ0) is 20.8. The molecule has 2 aromatic rings. The lowest BCUT2D eigenvalue weighted by atomic mass is 10.1. The SMILES string of the molecule is CN(Cc1ccc(N(C)C)cc1)C(=O)c1ccccc1SCC(=O)N1CCCC1. The molecule has 0 aliphatic carbocycles. The molecule has 1 heterocycles. The number of hydrogen-bond donors (Lipinski definition) is 0. The summed E-state index contributed by atoms with van der Waals surface area (Å²) in [7, 11) is 5.83. The molecule has 0 spiro atoms. The predicted molar refractivity (Wildman–Crippen MR) is 120 cm³/mol. The van der Waals surface area contributed by atoms with E-state index >= 15 is 0 Å². The smallest absolute Gasteiger partial charge is 0.255 e. The Hall–Kier alpha value is -2.47. The fourth-order valence-electron chi connectivity index (χ4n) is 3.42. The molecular formula is C23H29N3O2S. The number of hydrogen-bond acceptors (Lipinski definition) is 4. The Bertz CT molecular complexity index is 845. The lowest BCUT2D eigenvalue weighted by Gasteiger charge is -2.20. The normalized spacial score (nSPS) is 13.4. The molecule has 0 saturated carbocycles. The average Bonchev–Trinajstić information content (AvgIpc) is 3.27. The maximum atomic E-state index is 13.1. The summed E-state index contributed by atoms with van der Waals surface area (Å²) in [6, 6.07) is 15.8. The van der Waals surface area contributed by atoms with Gasteiger partial charge in [0.15, 0.2) is 0 Å². The highest BCUT2D eigenvalue weighted by Crippen LogP contribution is 2.25. The summed E-state index contributed by atoms with van der Waals surface area (Å²) in [5, 5.41) is 0. The van der Waals surface area contributed by atoms with Crippen molar-refractivity contribution in [1.82, 2.24) is 9.80 Å². The molecule has 3 rings (SSSR count). The summed E-state index contributed by atoms with van der Waals surface area (Å²) in [5.74, 6) is 0.502. The summed E-state index contributed by atoms with van der Waals surface area (Å²) < 4.78 is 0. The Labute approximate surface area is 177 Å². The molecule has 5 nitrogen and oxygen atoms in total. The molecule has 0 aromatic heterocycles. The predicted octanol–water partition coefficient (Wildman–Crippen LogP) is 3.74. The van der Waals surface area contributed by atoms with Crippen LogP contribution in [0.2, 0.25) is 0 Å². The minimum absolute atomic E-state index is 0.0293. The third-order valence-corrected chi connectivity index (χ3v) is 6.20. The van der Waals surface area contributed by atoms with Gasteiger partial charge in [0, 0.05) is 51.4 Å². The summed E-state index contributed by atoms with van der Waals surface area (Å²) in [6.07, 6.45) is 2.18. The summed E-state index contributed by atoms with van der Waals surface area (Å²) >= 11 is 1.45. The van der Waals surface area contributed by atoms with Crippen molar-refractivity contribution in [3.05, 3.63) is 59.7 Å². The van der Waals surface area contributed by atoms with E-state index in [4.69, 9.17) is 0 Å². The largest absolute Gasteiger partial charge is 0.378 e. The number of carbonyl (C=O) groups excluding carboxylic acids is 2. The Morgan fingerprint density at radius 1 is 0.966 bits per heavy atom. The van der Waals surface area contributed by atoms with Crippen LogP contribution in [0.25, 0.3) is 0 Å². The number of amides is 2. The second kappa shape index (κ2) is 9.83. The average molecular weight is 412 g/mol. The van der Waals surface area contributed by atoms with Gasteiger partial charge in [-0.05, 0) is 42.7 Å². The molecule has 29 heavy (non-hydrogen) atoms. The van der Waals surface area contributed by atoms with Crippen molar-refractivity contribution in [2.75, 3.05) is 44.9 Å². The van der Waals surface area contributed by atoms with Crippen LogP contribution in [0.5, 0.6) is 0 Å². The number of nitrogens with zero attached hydrogens (tertiary/aromatic N) is 3. The van der Waals surface area contributed by atoms with E-state index in [0.717, 1.165) is 42.1 Å². The van der Waals surface area contributed by atoms with Gasteiger partial charge in [0.1, 0.15) is 0 Å². The molecule has 0 radical (unpaired) electrons. The lowest BCUT2D eigenvalue weighted by molar-refractivity contribution is -0.127. The van der Waals surface area contributed by atoms with Crippen molar-refractivity contribution in [2.24, 2.45) is 0 Å². The molecule has 1 aliphatic rings. The van der Waals surface area contributed by atoms with Gasteiger partial charge in [-0.1, -0.05) is 24.3 Å². The molecule has 2 aromatic carbocycles. The third kappa shape index (κ3) is 5.54. The van der Waals surface area contributed by atoms with E-state index in [1.165, 1.54) is 11.8 Å². The maximum Gasteiger partial charge on any atom is 0.255 e. The molecule has 1 saturated heterocycles. The molecule has 1 fully saturated rings. The van der Waals surface area contributed by atoms with Crippen LogP contribution in [0.3, 0.4) is 0 Å². The Balaban J connectivity index is 1.64. The van der Waals surface area contributed by atoms with E-state index in [0.29, 0.717) is 17.9 Å². The van der Waals surface area contributed by atoms with Crippen LogP contribution < -0.4 is 4.90 Å². The zero-order valence-electron chi connectivity index (χ0n) is 17.4. The first-order valence-electron chi connectivity index (χ1n) is 9.97. The van der Waals surface area contributed by atoms with Crippen LogP contribution in [0.4, 0.5) is 5.69 Å². The fraction of sp³-hybridized carbons (Fsp3) is 0.391. The minimum Gasteiger partial charge on any atom is -0.378 e.